The molecule has 1 amide bonds. The summed E-state index contributed by atoms with van der Waals surface area (Å²) < 4.78 is 1.72. The number of non-ortho nitro benzene ring substituents is 1. The number of carbonyl (C=O) groups is 1. The van der Waals surface area contributed by atoms with Gasteiger partial charge in [0.05, 0.1) is 22.5 Å². The molecule has 0 bridgehead atoms. The van der Waals surface area contributed by atoms with E-state index in [1.54, 1.807) is 16.8 Å². The average molecular weight is 439 g/mol. The summed E-state index contributed by atoms with van der Waals surface area (Å²) in [5.41, 5.74) is 7.60. The zero-order valence-corrected chi connectivity index (χ0v) is 18.1. The number of carbonyl (C=O) groups excluding carboxylic acids is 1. The zero-order chi connectivity index (χ0) is 23.4. The Kier molecular flexibility index (Phi) is 6.08. The Hall–Kier alpha value is -4.59. The molecule has 0 spiro atoms. The van der Waals surface area contributed by atoms with Gasteiger partial charge in [0, 0.05) is 23.3 Å². The molecule has 0 aliphatic carbocycles. The van der Waals surface area contributed by atoms with E-state index in [9.17, 15) is 14.9 Å². The summed E-state index contributed by atoms with van der Waals surface area (Å²) in [6.45, 7) is 3.82. The Balaban J connectivity index is 1.62. The largest absolute Gasteiger partial charge is 0.291 e. The minimum atomic E-state index is -0.489. The van der Waals surface area contributed by atoms with Crippen LogP contribution in [0.3, 0.4) is 0 Å². The summed E-state index contributed by atoms with van der Waals surface area (Å²) in [6.07, 6.45) is 1.38. The summed E-state index contributed by atoms with van der Waals surface area (Å²) in [6, 6.07) is 23.7. The van der Waals surface area contributed by atoms with E-state index in [2.05, 4.69) is 15.6 Å². The number of amides is 1. The van der Waals surface area contributed by atoms with Gasteiger partial charge in [0.1, 0.15) is 0 Å². The molecule has 0 atom stereocenters. The van der Waals surface area contributed by atoms with Crippen LogP contribution in [-0.4, -0.2) is 26.8 Å². The Morgan fingerprint density at radius 2 is 1.76 bits per heavy atom. The molecule has 0 fully saturated rings. The van der Waals surface area contributed by atoms with Gasteiger partial charge in [-0.1, -0.05) is 54.1 Å². The fourth-order valence-corrected chi connectivity index (χ4v) is 3.29. The molecule has 33 heavy (non-hydrogen) atoms. The molecule has 164 valence electrons. The van der Waals surface area contributed by atoms with Gasteiger partial charge in [-0.05, 0) is 37.6 Å². The van der Waals surface area contributed by atoms with Crippen molar-refractivity contribution in [3.63, 3.8) is 0 Å². The smallest absolute Gasteiger partial charge is 0.265 e. The van der Waals surface area contributed by atoms with Gasteiger partial charge in [-0.2, -0.15) is 10.2 Å². The average Bonchev–Trinajstić information content (AvgIpc) is 3.27. The van der Waals surface area contributed by atoms with E-state index in [1.807, 2.05) is 68.4 Å². The number of nitro benzene ring substituents is 1. The summed E-state index contributed by atoms with van der Waals surface area (Å²) >= 11 is 0. The lowest BCUT2D eigenvalue weighted by molar-refractivity contribution is -0.384. The van der Waals surface area contributed by atoms with Crippen molar-refractivity contribution >= 4 is 17.8 Å². The van der Waals surface area contributed by atoms with Gasteiger partial charge in [-0.3, -0.25) is 14.9 Å². The Bertz CT molecular complexity index is 1340. The number of nitrogens with one attached hydrogen (secondary N) is 1. The van der Waals surface area contributed by atoms with Crippen LogP contribution in [0, 0.1) is 24.0 Å². The van der Waals surface area contributed by atoms with Crippen molar-refractivity contribution in [2.24, 2.45) is 5.10 Å². The molecule has 8 heteroatoms. The number of rotatable bonds is 6. The fraction of sp³-hybridized carbons (Fsp3) is 0.0800. The topological polar surface area (TPSA) is 102 Å². The van der Waals surface area contributed by atoms with Crippen LogP contribution in [0.15, 0.2) is 84.0 Å². The van der Waals surface area contributed by atoms with Crippen LogP contribution in [0.4, 0.5) is 5.69 Å². The maximum atomic E-state index is 12.8. The molecule has 0 saturated carbocycles. The molecule has 1 heterocycles. The lowest BCUT2D eigenvalue weighted by Crippen LogP contribution is -2.18. The zero-order valence-electron chi connectivity index (χ0n) is 18.1. The van der Waals surface area contributed by atoms with E-state index in [1.165, 1.54) is 18.3 Å². The molecule has 4 rings (SSSR count). The number of nitro groups is 1. The van der Waals surface area contributed by atoms with Gasteiger partial charge in [0.15, 0.2) is 5.69 Å². The van der Waals surface area contributed by atoms with Crippen molar-refractivity contribution in [3.05, 3.63) is 111 Å². The number of para-hydroxylation sites is 1. The lowest BCUT2D eigenvalue weighted by Gasteiger charge is -2.07. The van der Waals surface area contributed by atoms with Crippen LogP contribution in [0.5, 0.6) is 0 Å². The van der Waals surface area contributed by atoms with Crippen LogP contribution in [0.1, 0.15) is 27.2 Å². The van der Waals surface area contributed by atoms with E-state index in [4.69, 9.17) is 0 Å². The van der Waals surface area contributed by atoms with Crippen LogP contribution < -0.4 is 5.43 Å². The predicted octanol–water partition coefficient (Wildman–Crippen LogP) is 4.83. The molecule has 3 aromatic carbocycles. The van der Waals surface area contributed by atoms with Crippen molar-refractivity contribution in [1.82, 2.24) is 15.2 Å². The molecular formula is C25H21N5O3. The predicted molar refractivity (Wildman–Crippen MR) is 127 cm³/mol. The van der Waals surface area contributed by atoms with Gasteiger partial charge < -0.3 is 0 Å². The molecule has 1 N–H and O–H groups in total. The van der Waals surface area contributed by atoms with Gasteiger partial charge in [-0.25, -0.2) is 10.1 Å². The van der Waals surface area contributed by atoms with E-state index in [-0.39, 0.29) is 11.4 Å². The lowest BCUT2D eigenvalue weighted by atomic mass is 10.1. The highest BCUT2D eigenvalue weighted by molar-refractivity contribution is 5.94. The minimum Gasteiger partial charge on any atom is -0.265 e. The summed E-state index contributed by atoms with van der Waals surface area (Å²) in [5, 5.41) is 19.5. The number of aromatic nitrogens is 2. The molecule has 4 aromatic rings. The second kappa shape index (κ2) is 9.27. The van der Waals surface area contributed by atoms with E-state index in [0.29, 0.717) is 5.56 Å². The number of nitrogens with zero attached hydrogens (tertiary/aromatic N) is 4. The SMILES string of the molecule is Cc1ccc(-c2cc(C(=O)N/N=C\c3cc([N+](=O)[O-])ccc3C)nn2-c2ccccc2)cc1. The second-order valence-electron chi connectivity index (χ2n) is 7.53. The van der Waals surface area contributed by atoms with Gasteiger partial charge in [0.25, 0.3) is 11.6 Å². The molecule has 0 aliphatic heterocycles. The Labute approximate surface area is 190 Å². The maximum Gasteiger partial charge on any atom is 0.291 e. The molecule has 0 unspecified atom stereocenters. The normalized spacial score (nSPS) is 11.0. The van der Waals surface area contributed by atoms with E-state index < -0.39 is 10.8 Å². The number of benzene rings is 3. The van der Waals surface area contributed by atoms with Crippen molar-refractivity contribution < 1.29 is 9.72 Å². The first-order valence-electron chi connectivity index (χ1n) is 10.2. The third kappa shape index (κ3) is 4.85. The first-order valence-corrected chi connectivity index (χ1v) is 10.2. The quantitative estimate of drug-likeness (QED) is 0.264. The summed E-state index contributed by atoms with van der Waals surface area (Å²) in [7, 11) is 0. The highest BCUT2D eigenvalue weighted by Crippen LogP contribution is 2.24. The van der Waals surface area contributed by atoms with Crippen LogP contribution in [0.2, 0.25) is 0 Å². The van der Waals surface area contributed by atoms with Crippen LogP contribution in [0.25, 0.3) is 16.9 Å². The highest BCUT2D eigenvalue weighted by Gasteiger charge is 2.16. The molecule has 0 saturated heterocycles. The molecule has 8 nitrogen and oxygen atoms in total. The summed E-state index contributed by atoms with van der Waals surface area (Å²) in [5.74, 6) is -0.489. The van der Waals surface area contributed by atoms with E-state index >= 15 is 0 Å². The molecular weight excluding hydrogens is 418 g/mol. The second-order valence-corrected chi connectivity index (χ2v) is 7.53. The first-order chi connectivity index (χ1) is 15.9. The van der Waals surface area contributed by atoms with Crippen molar-refractivity contribution in [1.29, 1.82) is 0 Å². The third-order valence-electron chi connectivity index (χ3n) is 5.13. The first kappa shape index (κ1) is 21.6. The van der Waals surface area contributed by atoms with Gasteiger partial charge in [-0.15, -0.1) is 0 Å². The minimum absolute atomic E-state index is 0.0438. The van der Waals surface area contributed by atoms with Crippen molar-refractivity contribution in [2.75, 3.05) is 0 Å². The van der Waals surface area contributed by atoms with Crippen LogP contribution >= 0.6 is 0 Å². The van der Waals surface area contributed by atoms with Crippen molar-refractivity contribution in [2.45, 2.75) is 13.8 Å². The van der Waals surface area contributed by atoms with Gasteiger partial charge in [0.2, 0.25) is 0 Å². The number of hydrogen-bond donors (Lipinski definition) is 1. The maximum absolute atomic E-state index is 12.8. The van der Waals surface area contributed by atoms with Crippen molar-refractivity contribution in [3.8, 4) is 16.9 Å². The Morgan fingerprint density at radius 3 is 2.45 bits per heavy atom. The third-order valence-corrected chi connectivity index (χ3v) is 5.13. The number of hydrazone groups is 1. The highest BCUT2D eigenvalue weighted by atomic mass is 16.6. The van der Waals surface area contributed by atoms with Crippen LogP contribution in [-0.2, 0) is 0 Å². The number of hydrogen-bond acceptors (Lipinski definition) is 5. The fourth-order valence-electron chi connectivity index (χ4n) is 3.29. The van der Waals surface area contributed by atoms with E-state index in [0.717, 1.165) is 28.1 Å². The van der Waals surface area contributed by atoms with Gasteiger partial charge >= 0.3 is 0 Å². The molecule has 0 aliphatic rings. The Morgan fingerprint density at radius 1 is 1.03 bits per heavy atom. The summed E-state index contributed by atoms with van der Waals surface area (Å²) in [4.78, 5) is 23.3. The number of aryl methyl sites for hydroxylation is 2. The monoisotopic (exact) mass is 439 g/mol. The molecule has 1 aromatic heterocycles. The molecule has 0 radical (unpaired) electrons. The standard InChI is InChI=1S/C25H21N5O3/c1-17-8-11-19(12-9-17)24-15-23(28-29(24)21-6-4-3-5-7-21)25(31)27-26-16-20-14-22(30(32)33)13-10-18(20)2/h3-16H,1-2H3,(H,27,31)/b26-16-.